The number of carbonyl (C=O) groups excluding carboxylic acids is 1. The highest BCUT2D eigenvalue weighted by Crippen LogP contribution is 2.20. The summed E-state index contributed by atoms with van der Waals surface area (Å²) in [5, 5.41) is 4.53. The molecule has 3 N–H and O–H groups in total. The van der Waals surface area contributed by atoms with Gasteiger partial charge in [-0.1, -0.05) is 0 Å². The Morgan fingerprint density at radius 3 is 2.67 bits per heavy atom. The van der Waals surface area contributed by atoms with Gasteiger partial charge < -0.3 is 11.1 Å². The third-order valence-corrected chi connectivity index (χ3v) is 2.77. The number of rotatable bonds is 2. The summed E-state index contributed by atoms with van der Waals surface area (Å²) in [5.74, 6) is -0.186. The zero-order valence-corrected chi connectivity index (χ0v) is 8.62. The maximum Gasteiger partial charge on any atom is 0.267 e. The summed E-state index contributed by atoms with van der Waals surface area (Å²) in [7, 11) is 0. The van der Waals surface area contributed by atoms with E-state index in [1.807, 2.05) is 0 Å². The first-order valence-corrected chi connectivity index (χ1v) is 5.19. The van der Waals surface area contributed by atoms with Gasteiger partial charge in [-0.05, 0) is 23.6 Å². The second-order valence-corrected chi connectivity index (χ2v) is 3.81. The summed E-state index contributed by atoms with van der Waals surface area (Å²) in [6, 6.07) is 5.16. The number of nitrogen functional groups attached to an aromatic ring is 1. The van der Waals surface area contributed by atoms with Crippen molar-refractivity contribution < 1.29 is 4.79 Å². The van der Waals surface area contributed by atoms with Gasteiger partial charge in [0.1, 0.15) is 4.88 Å². The van der Waals surface area contributed by atoms with E-state index in [4.69, 9.17) is 5.73 Å². The van der Waals surface area contributed by atoms with E-state index >= 15 is 0 Å². The Morgan fingerprint density at radius 2 is 2.07 bits per heavy atom. The van der Waals surface area contributed by atoms with Gasteiger partial charge in [0.05, 0.1) is 5.69 Å². The van der Waals surface area contributed by atoms with Gasteiger partial charge in [0.25, 0.3) is 5.91 Å². The van der Waals surface area contributed by atoms with Crippen molar-refractivity contribution in [3.63, 3.8) is 0 Å². The van der Waals surface area contributed by atoms with Crippen molar-refractivity contribution in [3.05, 3.63) is 40.8 Å². The second-order valence-electron chi connectivity index (χ2n) is 2.90. The summed E-state index contributed by atoms with van der Waals surface area (Å²) < 4.78 is 0. The number of thiophene rings is 1. The summed E-state index contributed by atoms with van der Waals surface area (Å²) in [6.45, 7) is 0. The lowest BCUT2D eigenvalue weighted by atomic mass is 10.3. The first-order chi connectivity index (χ1) is 7.27. The molecule has 0 saturated heterocycles. The Kier molecular flexibility index (Phi) is 2.64. The highest BCUT2D eigenvalue weighted by Gasteiger charge is 2.10. The van der Waals surface area contributed by atoms with Crippen LogP contribution in [0.2, 0.25) is 0 Å². The fourth-order valence-corrected chi connectivity index (χ4v) is 1.84. The normalized spacial score (nSPS) is 9.87. The summed E-state index contributed by atoms with van der Waals surface area (Å²) in [4.78, 5) is 16.1. The van der Waals surface area contributed by atoms with Crippen LogP contribution in [0, 0.1) is 0 Å². The zero-order chi connectivity index (χ0) is 10.7. The Balaban J connectivity index is 2.15. The van der Waals surface area contributed by atoms with Crippen molar-refractivity contribution in [2.45, 2.75) is 0 Å². The van der Waals surface area contributed by atoms with Crippen LogP contribution in [0.4, 0.5) is 11.4 Å². The molecule has 0 atom stereocenters. The summed E-state index contributed by atoms with van der Waals surface area (Å²) >= 11 is 1.32. The van der Waals surface area contributed by atoms with Crippen LogP contribution in [-0.2, 0) is 0 Å². The number of anilines is 2. The standard InChI is InChI=1S/C10H9N3OS/c11-8-3-6-15-9(8)10(14)13-7-1-4-12-5-2-7/h1-6H,11H2,(H,12,13,14). The van der Waals surface area contributed by atoms with Gasteiger partial charge in [-0.3, -0.25) is 9.78 Å². The van der Waals surface area contributed by atoms with Gasteiger partial charge in [-0.2, -0.15) is 0 Å². The maximum absolute atomic E-state index is 11.7. The van der Waals surface area contributed by atoms with E-state index in [-0.39, 0.29) is 5.91 Å². The quantitative estimate of drug-likeness (QED) is 0.811. The topological polar surface area (TPSA) is 68.0 Å². The van der Waals surface area contributed by atoms with Gasteiger partial charge in [0, 0.05) is 18.1 Å². The summed E-state index contributed by atoms with van der Waals surface area (Å²) in [5.41, 5.74) is 6.85. The fraction of sp³-hybridized carbons (Fsp3) is 0. The molecule has 4 nitrogen and oxygen atoms in total. The van der Waals surface area contributed by atoms with Crippen molar-refractivity contribution in [1.82, 2.24) is 4.98 Å². The van der Waals surface area contributed by atoms with E-state index in [1.165, 1.54) is 11.3 Å². The number of pyridine rings is 1. The molecule has 2 rings (SSSR count). The molecule has 0 spiro atoms. The highest BCUT2D eigenvalue weighted by atomic mass is 32.1. The molecule has 0 radical (unpaired) electrons. The lowest BCUT2D eigenvalue weighted by Crippen LogP contribution is -2.11. The Morgan fingerprint density at radius 1 is 1.33 bits per heavy atom. The second kappa shape index (κ2) is 4.10. The maximum atomic E-state index is 11.7. The number of amides is 1. The van der Waals surface area contributed by atoms with Crippen LogP contribution in [0.5, 0.6) is 0 Å². The van der Waals surface area contributed by atoms with Crippen molar-refractivity contribution in [2.75, 3.05) is 11.1 Å². The third-order valence-electron chi connectivity index (χ3n) is 1.84. The molecule has 2 heterocycles. The van der Waals surface area contributed by atoms with Gasteiger partial charge in [0.2, 0.25) is 0 Å². The minimum atomic E-state index is -0.186. The van der Waals surface area contributed by atoms with Crippen LogP contribution in [-0.4, -0.2) is 10.9 Å². The molecule has 0 aliphatic carbocycles. The number of hydrogen-bond acceptors (Lipinski definition) is 4. The van der Waals surface area contributed by atoms with E-state index < -0.39 is 0 Å². The number of hydrogen-bond donors (Lipinski definition) is 2. The number of carbonyl (C=O) groups is 1. The molecule has 0 aromatic carbocycles. The van der Waals surface area contributed by atoms with Crippen molar-refractivity contribution in [1.29, 1.82) is 0 Å². The molecule has 2 aromatic rings. The van der Waals surface area contributed by atoms with Crippen molar-refractivity contribution in [3.8, 4) is 0 Å². The molecule has 15 heavy (non-hydrogen) atoms. The van der Waals surface area contributed by atoms with Crippen LogP contribution in [0.3, 0.4) is 0 Å². The minimum absolute atomic E-state index is 0.186. The number of nitrogens with one attached hydrogen (secondary N) is 1. The third kappa shape index (κ3) is 2.13. The predicted octanol–water partition coefficient (Wildman–Crippen LogP) is 1.98. The smallest absolute Gasteiger partial charge is 0.267 e. The van der Waals surface area contributed by atoms with Gasteiger partial charge in [-0.25, -0.2) is 0 Å². The lowest BCUT2D eigenvalue weighted by Gasteiger charge is -2.02. The molecular weight excluding hydrogens is 210 g/mol. The van der Waals surface area contributed by atoms with Crippen LogP contribution in [0.15, 0.2) is 36.0 Å². The van der Waals surface area contributed by atoms with Crippen LogP contribution < -0.4 is 11.1 Å². The summed E-state index contributed by atoms with van der Waals surface area (Å²) in [6.07, 6.45) is 3.24. The molecule has 2 aromatic heterocycles. The molecule has 0 bridgehead atoms. The van der Waals surface area contributed by atoms with Gasteiger partial charge in [0.15, 0.2) is 0 Å². The highest BCUT2D eigenvalue weighted by molar-refractivity contribution is 7.12. The molecule has 5 heteroatoms. The van der Waals surface area contributed by atoms with Crippen LogP contribution >= 0.6 is 11.3 Å². The zero-order valence-electron chi connectivity index (χ0n) is 7.81. The van der Waals surface area contributed by atoms with Crippen LogP contribution in [0.25, 0.3) is 0 Å². The predicted molar refractivity (Wildman–Crippen MR) is 60.9 cm³/mol. The van der Waals surface area contributed by atoms with Crippen molar-refractivity contribution in [2.24, 2.45) is 0 Å². The first kappa shape index (κ1) is 9.67. The van der Waals surface area contributed by atoms with Crippen molar-refractivity contribution >= 4 is 28.6 Å². The first-order valence-electron chi connectivity index (χ1n) is 4.32. The van der Waals surface area contributed by atoms with E-state index in [0.29, 0.717) is 16.3 Å². The monoisotopic (exact) mass is 219 g/mol. The van der Waals surface area contributed by atoms with Gasteiger partial charge >= 0.3 is 0 Å². The van der Waals surface area contributed by atoms with E-state index in [1.54, 1.807) is 36.0 Å². The molecule has 0 aliphatic rings. The molecule has 0 unspecified atom stereocenters. The Labute approximate surface area is 90.8 Å². The lowest BCUT2D eigenvalue weighted by molar-refractivity contribution is 0.103. The van der Waals surface area contributed by atoms with Crippen LogP contribution in [0.1, 0.15) is 9.67 Å². The number of nitrogens with two attached hydrogens (primary N) is 1. The Bertz CT molecular complexity index is 467. The number of aromatic nitrogens is 1. The number of nitrogens with zero attached hydrogens (tertiary/aromatic N) is 1. The van der Waals surface area contributed by atoms with E-state index in [0.717, 1.165) is 0 Å². The van der Waals surface area contributed by atoms with Gasteiger partial charge in [-0.15, -0.1) is 11.3 Å². The SMILES string of the molecule is Nc1ccsc1C(=O)Nc1ccncc1. The molecular formula is C10H9N3OS. The largest absolute Gasteiger partial charge is 0.397 e. The van der Waals surface area contributed by atoms with E-state index in [9.17, 15) is 4.79 Å². The molecule has 0 fully saturated rings. The molecule has 1 amide bonds. The average molecular weight is 219 g/mol. The molecule has 0 saturated carbocycles. The molecule has 0 aliphatic heterocycles. The van der Waals surface area contributed by atoms with E-state index in [2.05, 4.69) is 10.3 Å². The molecule has 76 valence electrons. The Hall–Kier alpha value is -1.88. The fourth-order valence-electron chi connectivity index (χ4n) is 1.13. The average Bonchev–Trinajstić information content (AvgIpc) is 2.66. The minimum Gasteiger partial charge on any atom is -0.397 e.